The quantitative estimate of drug-likeness (QED) is 0.652. The minimum absolute atomic E-state index is 0.201. The maximum absolute atomic E-state index is 12.0. The van der Waals surface area contributed by atoms with E-state index >= 15 is 0 Å². The van der Waals surface area contributed by atoms with Crippen LogP contribution < -0.4 is 5.32 Å². The van der Waals surface area contributed by atoms with E-state index in [1.54, 1.807) is 20.2 Å². The van der Waals surface area contributed by atoms with Crippen LogP contribution in [0.5, 0.6) is 0 Å². The van der Waals surface area contributed by atoms with Gasteiger partial charge in [0.2, 0.25) is 5.91 Å². The third-order valence-corrected chi connectivity index (χ3v) is 3.34. The van der Waals surface area contributed by atoms with Crippen molar-refractivity contribution in [3.8, 4) is 0 Å². The highest BCUT2D eigenvalue weighted by Crippen LogP contribution is 2.21. The first-order chi connectivity index (χ1) is 11.3. The summed E-state index contributed by atoms with van der Waals surface area (Å²) in [5.74, 6) is -1.08. The van der Waals surface area contributed by atoms with Gasteiger partial charge in [-0.1, -0.05) is 11.6 Å². The molecular weight excluding hydrogens is 338 g/mol. The van der Waals surface area contributed by atoms with E-state index in [2.05, 4.69) is 10.4 Å². The Balaban J connectivity index is 2.09. The van der Waals surface area contributed by atoms with Crippen LogP contribution in [-0.4, -0.2) is 45.5 Å². The average Bonchev–Trinajstić information content (AvgIpc) is 2.97. The molecule has 1 N–H and O–H groups in total. The number of aromatic nitrogens is 2. The highest BCUT2D eigenvalue weighted by Gasteiger charge is 2.16. The van der Waals surface area contributed by atoms with E-state index in [1.165, 1.54) is 29.3 Å². The van der Waals surface area contributed by atoms with Crippen molar-refractivity contribution in [2.24, 2.45) is 0 Å². The molecular formula is C14H14ClN5O4. The van der Waals surface area contributed by atoms with Gasteiger partial charge < -0.3 is 20.3 Å². The Hall–Kier alpha value is -2.94. The van der Waals surface area contributed by atoms with Gasteiger partial charge in [0.15, 0.2) is 0 Å². The highest BCUT2D eigenvalue weighted by atomic mass is 35.5. The van der Waals surface area contributed by atoms with E-state index in [1.807, 2.05) is 0 Å². The van der Waals surface area contributed by atoms with Gasteiger partial charge in [-0.15, -0.1) is 0 Å². The molecule has 0 fully saturated rings. The lowest BCUT2D eigenvalue weighted by molar-refractivity contribution is -0.389. The minimum Gasteiger partial charge on any atom is -0.358 e. The van der Waals surface area contributed by atoms with Gasteiger partial charge in [0.05, 0.1) is 27.9 Å². The van der Waals surface area contributed by atoms with Gasteiger partial charge in [-0.2, -0.15) is 4.68 Å². The molecule has 2 aromatic rings. The fourth-order valence-electron chi connectivity index (χ4n) is 1.89. The molecule has 126 valence electrons. The molecule has 0 aliphatic rings. The maximum Gasteiger partial charge on any atom is 0.389 e. The fraction of sp³-hybridized carbons (Fsp3) is 0.214. The molecule has 0 bridgehead atoms. The zero-order chi connectivity index (χ0) is 17.9. The Bertz CT molecular complexity index is 802. The lowest BCUT2D eigenvalue weighted by Gasteiger charge is -2.13. The molecule has 0 aliphatic carbocycles. The lowest BCUT2D eigenvalue weighted by atomic mass is 10.1. The molecule has 2 rings (SSSR count). The average molecular weight is 352 g/mol. The second-order valence-corrected chi connectivity index (χ2v) is 5.48. The number of amides is 2. The summed E-state index contributed by atoms with van der Waals surface area (Å²) in [5, 5.41) is 17.1. The summed E-state index contributed by atoms with van der Waals surface area (Å²) in [6.07, 6.45) is 1.33. The largest absolute Gasteiger partial charge is 0.389 e. The Kier molecular flexibility index (Phi) is 5.14. The number of nitrogens with one attached hydrogen (secondary N) is 1. The molecule has 1 aromatic heterocycles. The van der Waals surface area contributed by atoms with Gasteiger partial charge >= 0.3 is 5.82 Å². The van der Waals surface area contributed by atoms with Crippen molar-refractivity contribution in [1.29, 1.82) is 0 Å². The first-order valence-corrected chi connectivity index (χ1v) is 7.14. The zero-order valence-electron chi connectivity index (χ0n) is 12.9. The lowest BCUT2D eigenvalue weighted by Crippen LogP contribution is -2.23. The van der Waals surface area contributed by atoms with Gasteiger partial charge in [0.25, 0.3) is 5.91 Å². The molecule has 0 spiro atoms. The standard InChI is InChI=1S/C14H14ClN5O4/c1-18(2)14(22)10-7-9(3-4-11(10)15)16-13(21)8-19-6-5-12(17-19)20(23)24/h3-7H,8H2,1-2H3,(H,16,21). The van der Waals surface area contributed by atoms with Crippen LogP contribution in [0.15, 0.2) is 30.5 Å². The number of carbonyl (C=O) groups excluding carboxylic acids is 2. The van der Waals surface area contributed by atoms with Gasteiger partial charge in [-0.25, -0.2) is 0 Å². The number of nitrogens with zero attached hydrogens (tertiary/aromatic N) is 4. The smallest absolute Gasteiger partial charge is 0.358 e. The highest BCUT2D eigenvalue weighted by molar-refractivity contribution is 6.34. The number of benzene rings is 1. The van der Waals surface area contributed by atoms with Crippen molar-refractivity contribution in [1.82, 2.24) is 14.7 Å². The van der Waals surface area contributed by atoms with Gasteiger partial charge in [-0.3, -0.25) is 9.59 Å². The topological polar surface area (TPSA) is 110 Å². The first-order valence-electron chi connectivity index (χ1n) is 6.77. The number of nitro groups is 1. The summed E-state index contributed by atoms with van der Waals surface area (Å²) >= 11 is 6.00. The Labute approximate surface area is 142 Å². The van der Waals surface area contributed by atoms with Gasteiger partial charge in [-0.05, 0) is 23.1 Å². The normalized spacial score (nSPS) is 10.3. The summed E-state index contributed by atoms with van der Waals surface area (Å²) in [5.41, 5.74) is 0.644. The Morgan fingerprint density at radius 1 is 1.38 bits per heavy atom. The molecule has 9 nitrogen and oxygen atoms in total. The molecule has 2 amide bonds. The summed E-state index contributed by atoms with van der Waals surface area (Å²) in [7, 11) is 3.18. The van der Waals surface area contributed by atoms with Crippen molar-refractivity contribution >= 4 is 34.9 Å². The number of rotatable bonds is 5. The second-order valence-electron chi connectivity index (χ2n) is 5.07. The van der Waals surface area contributed by atoms with Crippen LogP contribution in [0.3, 0.4) is 0 Å². The third kappa shape index (κ3) is 4.07. The third-order valence-electron chi connectivity index (χ3n) is 3.01. The number of carbonyl (C=O) groups is 2. The predicted octanol–water partition coefficient (Wildman–Crippen LogP) is 1.79. The number of halogens is 1. The van der Waals surface area contributed by atoms with Crippen molar-refractivity contribution in [3.05, 3.63) is 51.2 Å². The summed E-state index contributed by atoms with van der Waals surface area (Å²) in [4.78, 5) is 35.3. The van der Waals surface area contributed by atoms with E-state index in [9.17, 15) is 19.7 Å². The molecule has 0 aliphatic heterocycles. The molecule has 0 atom stereocenters. The van der Waals surface area contributed by atoms with Crippen LogP contribution in [0, 0.1) is 10.1 Å². The fourth-order valence-corrected chi connectivity index (χ4v) is 2.09. The van der Waals surface area contributed by atoms with E-state index in [0.29, 0.717) is 5.69 Å². The number of hydrogen-bond acceptors (Lipinski definition) is 5. The number of anilines is 1. The summed E-state index contributed by atoms with van der Waals surface area (Å²) < 4.78 is 1.15. The molecule has 0 saturated carbocycles. The van der Waals surface area contributed by atoms with Crippen molar-refractivity contribution in [2.75, 3.05) is 19.4 Å². The van der Waals surface area contributed by atoms with Gasteiger partial charge in [0.1, 0.15) is 6.54 Å². The van der Waals surface area contributed by atoms with Crippen LogP contribution in [-0.2, 0) is 11.3 Å². The first kappa shape index (κ1) is 17.4. The minimum atomic E-state index is -0.646. The van der Waals surface area contributed by atoms with Crippen LogP contribution in [0.1, 0.15) is 10.4 Å². The Morgan fingerprint density at radius 3 is 2.67 bits per heavy atom. The van der Waals surface area contributed by atoms with E-state index < -0.39 is 10.8 Å². The maximum atomic E-state index is 12.0. The van der Waals surface area contributed by atoms with Crippen molar-refractivity contribution in [3.63, 3.8) is 0 Å². The summed E-state index contributed by atoms with van der Waals surface area (Å²) in [6.45, 7) is -0.201. The second kappa shape index (κ2) is 7.09. The molecule has 1 aromatic carbocycles. The van der Waals surface area contributed by atoms with Crippen LogP contribution in [0.2, 0.25) is 5.02 Å². The van der Waals surface area contributed by atoms with Crippen LogP contribution in [0.4, 0.5) is 11.5 Å². The zero-order valence-corrected chi connectivity index (χ0v) is 13.6. The molecule has 0 saturated heterocycles. The van der Waals surface area contributed by atoms with Crippen molar-refractivity contribution < 1.29 is 14.5 Å². The Morgan fingerprint density at radius 2 is 2.08 bits per heavy atom. The van der Waals surface area contributed by atoms with E-state index in [4.69, 9.17) is 11.6 Å². The molecule has 0 unspecified atom stereocenters. The predicted molar refractivity (Wildman–Crippen MR) is 87.0 cm³/mol. The van der Waals surface area contributed by atoms with E-state index in [0.717, 1.165) is 4.68 Å². The monoisotopic (exact) mass is 351 g/mol. The van der Waals surface area contributed by atoms with Crippen LogP contribution >= 0.6 is 11.6 Å². The molecule has 10 heteroatoms. The van der Waals surface area contributed by atoms with Gasteiger partial charge in [0, 0.05) is 19.8 Å². The van der Waals surface area contributed by atoms with E-state index in [-0.39, 0.29) is 28.9 Å². The molecule has 24 heavy (non-hydrogen) atoms. The summed E-state index contributed by atoms with van der Waals surface area (Å²) in [6, 6.07) is 5.72. The molecule has 0 radical (unpaired) electrons. The SMILES string of the molecule is CN(C)C(=O)c1cc(NC(=O)Cn2ccc([N+](=O)[O-])n2)ccc1Cl. The molecule has 1 heterocycles. The number of hydrogen-bond donors (Lipinski definition) is 1. The van der Waals surface area contributed by atoms with Crippen LogP contribution in [0.25, 0.3) is 0 Å². The van der Waals surface area contributed by atoms with Crippen molar-refractivity contribution in [2.45, 2.75) is 6.54 Å².